The first-order valence-corrected chi connectivity index (χ1v) is 16.0. The van der Waals surface area contributed by atoms with Crippen LogP contribution in [0.2, 0.25) is 0 Å². The highest BCUT2D eigenvalue weighted by Gasteiger charge is 2.33. The average Bonchev–Trinajstić information content (AvgIpc) is 2.94. The Morgan fingerprint density at radius 2 is 1.65 bits per heavy atom. The third-order valence-electron chi connectivity index (χ3n) is 6.38. The van der Waals surface area contributed by atoms with Crippen molar-refractivity contribution in [1.29, 1.82) is 0 Å². The molecule has 3 aromatic carbocycles. The van der Waals surface area contributed by atoms with Crippen LogP contribution in [0.3, 0.4) is 0 Å². The molecule has 1 atom stereocenters. The van der Waals surface area contributed by atoms with Crippen molar-refractivity contribution in [3.8, 4) is 5.75 Å². The van der Waals surface area contributed by atoms with E-state index >= 15 is 0 Å². The number of ether oxygens (including phenoxy) is 1. The molecule has 8 nitrogen and oxygen atoms in total. The van der Waals surface area contributed by atoms with Gasteiger partial charge in [0.05, 0.1) is 19.1 Å². The molecule has 0 saturated heterocycles. The minimum absolute atomic E-state index is 0.0963. The van der Waals surface area contributed by atoms with Crippen molar-refractivity contribution in [2.45, 2.75) is 38.8 Å². The molecule has 0 saturated carbocycles. The minimum atomic E-state index is -3.80. The van der Waals surface area contributed by atoms with Gasteiger partial charge in [0.25, 0.3) is 0 Å². The molecule has 10 heteroatoms. The van der Waals surface area contributed by atoms with Crippen molar-refractivity contribution < 1.29 is 22.7 Å². The molecule has 2 amide bonds. The van der Waals surface area contributed by atoms with E-state index in [-0.39, 0.29) is 18.9 Å². The first-order valence-electron chi connectivity index (χ1n) is 13.1. The Labute approximate surface area is 250 Å². The van der Waals surface area contributed by atoms with Crippen LogP contribution in [0.15, 0.2) is 78.9 Å². The first kappa shape index (κ1) is 31.4. The van der Waals surface area contributed by atoms with Crippen molar-refractivity contribution in [3.63, 3.8) is 0 Å². The number of nitrogens with zero attached hydrogens (tertiary/aromatic N) is 2. The highest BCUT2D eigenvalue weighted by Crippen LogP contribution is 2.22. The monoisotopic (exact) mass is 677 g/mol. The minimum Gasteiger partial charge on any atom is -0.497 e. The predicted octanol–water partition coefficient (Wildman–Crippen LogP) is 4.62. The van der Waals surface area contributed by atoms with Crippen molar-refractivity contribution in [2.24, 2.45) is 0 Å². The number of hydrogen-bond acceptors (Lipinski definition) is 5. The van der Waals surface area contributed by atoms with Gasteiger partial charge in [-0.25, -0.2) is 8.42 Å². The van der Waals surface area contributed by atoms with E-state index < -0.39 is 28.5 Å². The van der Waals surface area contributed by atoms with Crippen molar-refractivity contribution in [1.82, 2.24) is 10.2 Å². The largest absolute Gasteiger partial charge is 0.497 e. The molecule has 3 rings (SSSR count). The van der Waals surface area contributed by atoms with Crippen LogP contribution >= 0.6 is 22.6 Å². The number of methoxy groups -OCH3 is 1. The second-order valence-electron chi connectivity index (χ2n) is 9.47. The standard InChI is InChI=1S/C30H36IN3O5S/c1-4-5-18-32-30(36)28(20-23-10-7-6-8-11-23)33(21-24-12-9-13-27(19-24)39-2)29(35)22-34(40(3,37)38)26-16-14-25(31)15-17-26/h6-17,19,28H,4-5,18,20-22H2,1-3H3,(H,32,36)/t28-/m1/s1. The Bertz CT molecular complexity index is 1370. The molecule has 0 fully saturated rings. The summed E-state index contributed by atoms with van der Waals surface area (Å²) in [5.74, 6) is -0.152. The Morgan fingerprint density at radius 3 is 2.27 bits per heavy atom. The van der Waals surface area contributed by atoms with Gasteiger partial charge >= 0.3 is 0 Å². The maximum Gasteiger partial charge on any atom is 0.244 e. The topological polar surface area (TPSA) is 96.0 Å². The van der Waals surface area contributed by atoms with Gasteiger partial charge in [0.15, 0.2) is 0 Å². The molecule has 3 aromatic rings. The smallest absolute Gasteiger partial charge is 0.244 e. The summed E-state index contributed by atoms with van der Waals surface area (Å²) >= 11 is 2.14. The highest BCUT2D eigenvalue weighted by molar-refractivity contribution is 14.1. The molecule has 1 N–H and O–H groups in total. The second kappa shape index (κ2) is 15.0. The van der Waals surface area contributed by atoms with E-state index in [1.807, 2.05) is 55.5 Å². The van der Waals surface area contributed by atoms with Crippen LogP contribution in [0.5, 0.6) is 5.75 Å². The number of anilines is 1. The van der Waals surface area contributed by atoms with Gasteiger partial charge in [0.1, 0.15) is 18.3 Å². The molecule has 0 unspecified atom stereocenters. The lowest BCUT2D eigenvalue weighted by Crippen LogP contribution is -2.53. The third-order valence-corrected chi connectivity index (χ3v) is 8.24. The van der Waals surface area contributed by atoms with Gasteiger partial charge in [0.2, 0.25) is 21.8 Å². The fourth-order valence-electron chi connectivity index (χ4n) is 4.25. The average molecular weight is 678 g/mol. The Balaban J connectivity index is 2.04. The van der Waals surface area contributed by atoms with Crippen molar-refractivity contribution >= 4 is 50.1 Å². The van der Waals surface area contributed by atoms with Gasteiger partial charge in [-0.3, -0.25) is 13.9 Å². The lowest BCUT2D eigenvalue weighted by molar-refractivity contribution is -0.140. The number of nitrogens with one attached hydrogen (secondary N) is 1. The van der Waals surface area contributed by atoms with Crippen LogP contribution in [-0.2, 0) is 32.6 Å². The molecule has 214 valence electrons. The van der Waals surface area contributed by atoms with E-state index in [9.17, 15) is 18.0 Å². The molecule has 0 aliphatic carbocycles. The van der Waals surface area contributed by atoms with Gasteiger partial charge in [0, 0.05) is 23.1 Å². The van der Waals surface area contributed by atoms with Crippen LogP contribution < -0.4 is 14.4 Å². The van der Waals surface area contributed by atoms with Gasteiger partial charge in [-0.2, -0.15) is 0 Å². The first-order chi connectivity index (χ1) is 19.1. The Hall–Kier alpha value is -3.12. The maximum absolute atomic E-state index is 14.1. The van der Waals surface area contributed by atoms with E-state index in [1.165, 1.54) is 4.90 Å². The molecule has 0 spiro atoms. The number of benzene rings is 3. The predicted molar refractivity (Wildman–Crippen MR) is 167 cm³/mol. The summed E-state index contributed by atoms with van der Waals surface area (Å²) in [7, 11) is -2.24. The summed E-state index contributed by atoms with van der Waals surface area (Å²) in [5, 5.41) is 2.98. The lowest BCUT2D eigenvalue weighted by Gasteiger charge is -2.33. The SMILES string of the molecule is CCCCNC(=O)[C@@H](Cc1ccccc1)N(Cc1cccc(OC)c1)C(=O)CN(c1ccc(I)cc1)S(C)(=O)=O. The number of amides is 2. The molecular weight excluding hydrogens is 641 g/mol. The number of carbonyl (C=O) groups excluding carboxylic acids is 2. The summed E-state index contributed by atoms with van der Waals surface area (Å²) in [4.78, 5) is 29.2. The zero-order chi connectivity index (χ0) is 29.1. The summed E-state index contributed by atoms with van der Waals surface area (Å²) < 4.78 is 33.1. The summed E-state index contributed by atoms with van der Waals surface area (Å²) in [6.07, 6.45) is 3.07. The summed E-state index contributed by atoms with van der Waals surface area (Å²) in [6.45, 7) is 2.17. The molecule has 0 radical (unpaired) electrons. The van der Waals surface area contributed by atoms with Crippen LogP contribution in [-0.4, -0.2) is 57.6 Å². The number of unbranched alkanes of at least 4 members (excludes halogenated alkanes) is 1. The molecule has 0 aliphatic heterocycles. The van der Waals surface area contributed by atoms with Crippen molar-refractivity contribution in [2.75, 3.05) is 30.8 Å². The Morgan fingerprint density at radius 1 is 0.975 bits per heavy atom. The number of hydrogen-bond donors (Lipinski definition) is 1. The number of rotatable bonds is 14. The Kier molecular flexibility index (Phi) is 11.8. The molecule has 0 aromatic heterocycles. The lowest BCUT2D eigenvalue weighted by atomic mass is 10.0. The van der Waals surface area contributed by atoms with Crippen LogP contribution in [0.4, 0.5) is 5.69 Å². The normalized spacial score (nSPS) is 11.9. The number of carbonyl (C=O) groups is 2. The van der Waals surface area contributed by atoms with Gasteiger partial charge in [-0.15, -0.1) is 0 Å². The van der Waals surface area contributed by atoms with Gasteiger partial charge in [-0.05, 0) is 76.5 Å². The van der Waals surface area contributed by atoms with Crippen LogP contribution in [0.1, 0.15) is 30.9 Å². The summed E-state index contributed by atoms with van der Waals surface area (Å²) in [6, 6.07) is 22.8. The molecule has 0 bridgehead atoms. The van der Waals surface area contributed by atoms with Crippen LogP contribution in [0.25, 0.3) is 0 Å². The zero-order valence-corrected chi connectivity index (χ0v) is 26.0. The van der Waals surface area contributed by atoms with E-state index in [2.05, 4.69) is 27.9 Å². The molecule has 40 heavy (non-hydrogen) atoms. The van der Waals surface area contributed by atoms with Crippen molar-refractivity contribution in [3.05, 3.63) is 93.6 Å². The maximum atomic E-state index is 14.1. The second-order valence-corrected chi connectivity index (χ2v) is 12.6. The highest BCUT2D eigenvalue weighted by atomic mass is 127. The third kappa shape index (κ3) is 9.22. The molecule has 0 aliphatic rings. The fraction of sp³-hybridized carbons (Fsp3) is 0.333. The van der Waals surface area contributed by atoms with E-state index in [0.29, 0.717) is 18.0 Å². The van der Waals surface area contributed by atoms with E-state index in [0.717, 1.165) is 38.1 Å². The van der Waals surface area contributed by atoms with Crippen LogP contribution in [0, 0.1) is 3.57 Å². The number of sulfonamides is 1. The van der Waals surface area contributed by atoms with E-state index in [4.69, 9.17) is 4.74 Å². The summed E-state index contributed by atoms with van der Waals surface area (Å²) in [5.41, 5.74) is 2.02. The fourth-order valence-corrected chi connectivity index (χ4v) is 5.46. The number of halogens is 1. The molecule has 0 heterocycles. The zero-order valence-electron chi connectivity index (χ0n) is 23.0. The van der Waals surface area contributed by atoms with Gasteiger partial charge in [-0.1, -0.05) is 55.8 Å². The van der Waals surface area contributed by atoms with Gasteiger partial charge < -0.3 is 15.0 Å². The molecular formula is C30H36IN3O5S. The van der Waals surface area contributed by atoms with E-state index in [1.54, 1.807) is 37.4 Å². The quantitative estimate of drug-likeness (QED) is 0.199.